The van der Waals surface area contributed by atoms with Gasteiger partial charge >= 0.3 is 5.97 Å². The molecule has 40 heavy (non-hydrogen) atoms. The third kappa shape index (κ3) is 7.17. The third-order valence-corrected chi connectivity index (χ3v) is 8.38. The van der Waals surface area contributed by atoms with Gasteiger partial charge in [0, 0.05) is 39.8 Å². The fourth-order valence-electron chi connectivity index (χ4n) is 4.54. The molecule has 0 saturated carbocycles. The van der Waals surface area contributed by atoms with E-state index >= 15 is 0 Å². The number of piperazine rings is 1. The first-order valence-corrected chi connectivity index (χ1v) is 14.8. The first-order chi connectivity index (χ1) is 19.0. The van der Waals surface area contributed by atoms with E-state index in [1.807, 2.05) is 11.8 Å². The first kappa shape index (κ1) is 31.0. The summed E-state index contributed by atoms with van der Waals surface area (Å²) in [5, 5.41) is 7.04. The van der Waals surface area contributed by atoms with Gasteiger partial charge in [0.25, 0.3) is 11.8 Å². The second-order valence-electron chi connectivity index (χ2n) is 9.25. The molecule has 0 unspecified atom stereocenters. The monoisotopic (exact) mass is 578 g/mol. The van der Waals surface area contributed by atoms with Crippen molar-refractivity contribution in [2.45, 2.75) is 44.9 Å². The number of hydrogen-bond acceptors (Lipinski definition) is 9. The summed E-state index contributed by atoms with van der Waals surface area (Å²) in [6.07, 6.45) is 1.45. The number of anilines is 1. The normalized spacial score (nSPS) is 14.6. The Morgan fingerprint density at radius 2 is 1.77 bits per heavy atom. The SMILES string of the molecule is CCCc1nn(C)c(C(N)=O)c1NC(=O)c1cc(S(=O)(=O)N2CCN(CCC(=O)OCC)CC2)ccc1OCC. The molecule has 1 aliphatic rings. The molecule has 1 saturated heterocycles. The van der Waals surface area contributed by atoms with Gasteiger partial charge in [-0.15, -0.1) is 0 Å². The number of aryl methyl sites for hydroxylation is 2. The number of nitrogens with one attached hydrogen (secondary N) is 1. The van der Waals surface area contributed by atoms with Crippen molar-refractivity contribution in [2.75, 3.05) is 51.3 Å². The van der Waals surface area contributed by atoms with Gasteiger partial charge in [0.2, 0.25) is 10.0 Å². The highest BCUT2D eigenvalue weighted by Crippen LogP contribution is 2.28. The molecule has 1 aliphatic heterocycles. The van der Waals surface area contributed by atoms with Crippen LogP contribution in [0.4, 0.5) is 5.69 Å². The molecule has 13 nitrogen and oxygen atoms in total. The molecule has 3 rings (SSSR count). The standard InChI is InChI=1S/C26H38N6O7S/c1-5-8-20-23(24(25(27)34)30(4)29-20)28-26(35)19-17-18(9-10-21(19)38-6-2)40(36,37)32-15-13-31(14-16-32)12-11-22(33)39-7-3/h9-10,17H,5-8,11-16H2,1-4H3,(H2,27,34)(H,28,35). The zero-order valence-corrected chi connectivity index (χ0v) is 24.3. The lowest BCUT2D eigenvalue weighted by Crippen LogP contribution is -2.49. The third-order valence-electron chi connectivity index (χ3n) is 6.48. The van der Waals surface area contributed by atoms with Gasteiger partial charge < -0.3 is 25.4 Å². The van der Waals surface area contributed by atoms with Crippen molar-refractivity contribution in [3.63, 3.8) is 0 Å². The van der Waals surface area contributed by atoms with Gasteiger partial charge in [-0.3, -0.25) is 19.1 Å². The van der Waals surface area contributed by atoms with E-state index in [0.717, 1.165) is 0 Å². The van der Waals surface area contributed by atoms with Crippen molar-refractivity contribution in [1.82, 2.24) is 19.0 Å². The van der Waals surface area contributed by atoms with Crippen LogP contribution >= 0.6 is 0 Å². The molecular formula is C26H38N6O7S. The summed E-state index contributed by atoms with van der Waals surface area (Å²) in [4.78, 5) is 39.2. The minimum absolute atomic E-state index is 0.00211. The number of hydrogen-bond donors (Lipinski definition) is 2. The molecule has 1 aromatic carbocycles. The van der Waals surface area contributed by atoms with Crippen molar-refractivity contribution in [2.24, 2.45) is 12.8 Å². The maximum Gasteiger partial charge on any atom is 0.307 e. The number of aromatic nitrogens is 2. The lowest BCUT2D eigenvalue weighted by molar-refractivity contribution is -0.143. The Bertz CT molecular complexity index is 1330. The van der Waals surface area contributed by atoms with Gasteiger partial charge in [-0.2, -0.15) is 9.40 Å². The van der Waals surface area contributed by atoms with Crippen molar-refractivity contribution in [3.05, 3.63) is 35.2 Å². The molecule has 0 spiro atoms. The maximum absolute atomic E-state index is 13.5. The highest BCUT2D eigenvalue weighted by Gasteiger charge is 2.31. The molecule has 0 bridgehead atoms. The smallest absolute Gasteiger partial charge is 0.307 e. The van der Waals surface area contributed by atoms with Crippen LogP contribution in [-0.2, 0) is 33.0 Å². The average Bonchev–Trinajstić information content (AvgIpc) is 3.22. The number of benzene rings is 1. The number of esters is 1. The summed E-state index contributed by atoms with van der Waals surface area (Å²) in [6.45, 7) is 7.88. The highest BCUT2D eigenvalue weighted by molar-refractivity contribution is 7.89. The minimum Gasteiger partial charge on any atom is -0.493 e. The molecule has 1 aromatic heterocycles. The Labute approximate surface area is 234 Å². The van der Waals surface area contributed by atoms with E-state index in [1.165, 1.54) is 27.2 Å². The van der Waals surface area contributed by atoms with Crippen LogP contribution in [0.25, 0.3) is 0 Å². The summed E-state index contributed by atoms with van der Waals surface area (Å²) < 4.78 is 40.3. The van der Waals surface area contributed by atoms with E-state index < -0.39 is 21.8 Å². The molecule has 2 aromatic rings. The van der Waals surface area contributed by atoms with Crippen molar-refractivity contribution in [1.29, 1.82) is 0 Å². The van der Waals surface area contributed by atoms with Crippen LogP contribution in [0.3, 0.4) is 0 Å². The summed E-state index contributed by atoms with van der Waals surface area (Å²) in [5.41, 5.74) is 6.28. The number of primary amides is 1. The van der Waals surface area contributed by atoms with Crippen molar-refractivity contribution in [3.8, 4) is 5.75 Å². The molecule has 14 heteroatoms. The quantitative estimate of drug-likeness (QED) is 0.334. The largest absolute Gasteiger partial charge is 0.493 e. The topological polar surface area (TPSA) is 166 Å². The van der Waals surface area contributed by atoms with E-state index in [4.69, 9.17) is 15.2 Å². The predicted octanol–water partition coefficient (Wildman–Crippen LogP) is 1.38. The van der Waals surface area contributed by atoms with Crippen molar-refractivity contribution >= 4 is 33.5 Å². The number of amides is 2. The van der Waals surface area contributed by atoms with Crippen LogP contribution in [0.1, 0.15) is 60.2 Å². The Balaban J connectivity index is 1.84. The van der Waals surface area contributed by atoms with Gasteiger partial charge in [0.15, 0.2) is 0 Å². The lowest BCUT2D eigenvalue weighted by Gasteiger charge is -2.33. The van der Waals surface area contributed by atoms with Crippen LogP contribution in [0.5, 0.6) is 5.75 Å². The highest BCUT2D eigenvalue weighted by atomic mass is 32.2. The summed E-state index contributed by atoms with van der Waals surface area (Å²) in [7, 11) is -2.37. The number of rotatable bonds is 13. The summed E-state index contributed by atoms with van der Waals surface area (Å²) in [6, 6.07) is 4.14. The van der Waals surface area contributed by atoms with E-state index in [9.17, 15) is 22.8 Å². The fourth-order valence-corrected chi connectivity index (χ4v) is 5.99. The maximum atomic E-state index is 13.5. The molecule has 0 atom stereocenters. The molecular weight excluding hydrogens is 540 g/mol. The predicted molar refractivity (Wildman–Crippen MR) is 148 cm³/mol. The van der Waals surface area contributed by atoms with E-state index in [1.54, 1.807) is 20.9 Å². The Morgan fingerprint density at radius 3 is 2.38 bits per heavy atom. The molecule has 3 N–H and O–H groups in total. The molecule has 0 radical (unpaired) electrons. The Kier molecular flexibility index (Phi) is 10.7. The summed E-state index contributed by atoms with van der Waals surface area (Å²) >= 11 is 0. The van der Waals surface area contributed by atoms with E-state index in [2.05, 4.69) is 10.4 Å². The van der Waals surface area contributed by atoms with Crippen LogP contribution < -0.4 is 15.8 Å². The lowest BCUT2D eigenvalue weighted by atomic mass is 10.1. The number of nitrogens with zero attached hydrogens (tertiary/aromatic N) is 4. The van der Waals surface area contributed by atoms with Gasteiger partial charge in [-0.05, 0) is 38.5 Å². The van der Waals surface area contributed by atoms with Gasteiger partial charge in [0.1, 0.15) is 11.4 Å². The van der Waals surface area contributed by atoms with Gasteiger partial charge in [0.05, 0.1) is 41.5 Å². The van der Waals surface area contributed by atoms with Crippen LogP contribution in [0.15, 0.2) is 23.1 Å². The number of carbonyl (C=O) groups excluding carboxylic acids is 3. The van der Waals surface area contributed by atoms with E-state index in [-0.39, 0.29) is 59.7 Å². The second-order valence-corrected chi connectivity index (χ2v) is 11.2. The molecule has 220 valence electrons. The average molecular weight is 579 g/mol. The van der Waals surface area contributed by atoms with Crippen LogP contribution in [0.2, 0.25) is 0 Å². The molecule has 2 amide bonds. The summed E-state index contributed by atoms with van der Waals surface area (Å²) in [5.74, 6) is -1.49. The number of nitrogens with two attached hydrogens (primary N) is 1. The van der Waals surface area contributed by atoms with E-state index in [0.29, 0.717) is 44.8 Å². The number of carbonyl (C=O) groups is 3. The zero-order valence-electron chi connectivity index (χ0n) is 23.4. The minimum atomic E-state index is -3.93. The molecule has 1 fully saturated rings. The Morgan fingerprint density at radius 1 is 1.07 bits per heavy atom. The number of ether oxygens (including phenoxy) is 2. The zero-order chi connectivity index (χ0) is 29.4. The fraction of sp³-hybridized carbons (Fsp3) is 0.538. The van der Waals surface area contributed by atoms with Gasteiger partial charge in [-0.1, -0.05) is 13.3 Å². The molecule has 2 heterocycles. The van der Waals surface area contributed by atoms with Crippen LogP contribution in [0, 0.1) is 0 Å². The van der Waals surface area contributed by atoms with Crippen molar-refractivity contribution < 1.29 is 32.3 Å². The van der Waals surface area contributed by atoms with Gasteiger partial charge in [-0.25, -0.2) is 8.42 Å². The number of sulfonamides is 1. The van der Waals surface area contributed by atoms with Crippen LogP contribution in [-0.4, -0.2) is 91.1 Å². The first-order valence-electron chi connectivity index (χ1n) is 13.3. The molecule has 0 aliphatic carbocycles. The second kappa shape index (κ2) is 13.7. The Hall–Kier alpha value is -3.49.